The molecule has 0 unspecified atom stereocenters. The Morgan fingerprint density at radius 1 is 1.35 bits per heavy atom. The van der Waals surface area contributed by atoms with Crippen LogP contribution in [0.5, 0.6) is 0 Å². The van der Waals surface area contributed by atoms with Crippen molar-refractivity contribution >= 4 is 10.0 Å². The number of nitrogens with one attached hydrogen (secondary N) is 4. The van der Waals surface area contributed by atoms with Gasteiger partial charge in [0.05, 0.1) is 12.7 Å². The zero-order valence-electron chi connectivity index (χ0n) is 10.8. The highest BCUT2D eigenvalue weighted by Crippen LogP contribution is 2.20. The maximum Gasteiger partial charge on any atom is 0.258 e. The Labute approximate surface area is 116 Å². The largest absolute Gasteiger partial charge is 0.347 e. The number of aromatic nitrogens is 4. The number of imidazole rings is 1. The molecule has 8 nitrogen and oxygen atoms in total. The second-order valence-electron chi connectivity index (χ2n) is 4.74. The second-order valence-corrected chi connectivity index (χ2v) is 6.44. The molecule has 108 valence electrons. The fourth-order valence-electron chi connectivity index (χ4n) is 1.83. The number of hydrogen-bond donors (Lipinski definition) is 4. The highest BCUT2D eigenvalue weighted by Gasteiger charge is 2.24. The maximum absolute atomic E-state index is 12.2. The fraction of sp³-hybridized carbons (Fsp3) is 0.455. The number of aromatic amines is 2. The van der Waals surface area contributed by atoms with E-state index in [9.17, 15) is 8.42 Å². The third-order valence-corrected chi connectivity index (χ3v) is 4.51. The van der Waals surface area contributed by atoms with E-state index in [0.29, 0.717) is 24.0 Å². The van der Waals surface area contributed by atoms with Crippen LogP contribution in [0.2, 0.25) is 0 Å². The number of H-pyrrole nitrogens is 2. The van der Waals surface area contributed by atoms with Crippen molar-refractivity contribution in [2.75, 3.05) is 0 Å². The van der Waals surface area contributed by atoms with Crippen molar-refractivity contribution in [2.24, 2.45) is 0 Å². The van der Waals surface area contributed by atoms with Gasteiger partial charge in [0.2, 0.25) is 0 Å². The number of hydrogen-bond acceptors (Lipinski definition) is 5. The number of sulfonamides is 1. The molecule has 0 radical (unpaired) electrons. The summed E-state index contributed by atoms with van der Waals surface area (Å²) >= 11 is 0. The van der Waals surface area contributed by atoms with E-state index in [2.05, 4.69) is 30.2 Å². The zero-order chi connectivity index (χ0) is 14.0. The lowest BCUT2D eigenvalue weighted by molar-refractivity contribution is 0.572. The lowest BCUT2D eigenvalue weighted by Gasteiger charge is -2.06. The molecule has 2 aromatic heterocycles. The van der Waals surface area contributed by atoms with Crippen LogP contribution >= 0.6 is 0 Å². The van der Waals surface area contributed by atoms with Gasteiger partial charge in [0.15, 0.2) is 5.03 Å². The van der Waals surface area contributed by atoms with Gasteiger partial charge in [-0.1, -0.05) is 0 Å². The summed E-state index contributed by atoms with van der Waals surface area (Å²) in [6.45, 7) is 0.613. The Bertz CT molecular complexity index is 659. The minimum Gasteiger partial charge on any atom is -0.347 e. The topological polar surface area (TPSA) is 116 Å². The highest BCUT2D eigenvalue weighted by molar-refractivity contribution is 7.89. The standard InChI is InChI=1S/C11H16N6O2S/c18-20(19,16-7-10-12-3-4-13-10)11-8(6-15-17-11)5-14-9-1-2-9/h3-4,6,9,14,16H,1-2,5,7H2,(H,12,13)(H,15,17). The molecule has 9 heteroatoms. The van der Waals surface area contributed by atoms with Crippen LogP contribution in [0.15, 0.2) is 23.6 Å². The van der Waals surface area contributed by atoms with Crippen LogP contribution in [0.3, 0.4) is 0 Å². The van der Waals surface area contributed by atoms with Crippen molar-refractivity contribution in [2.45, 2.75) is 37.0 Å². The first-order valence-electron chi connectivity index (χ1n) is 6.39. The van der Waals surface area contributed by atoms with Gasteiger partial charge in [0.1, 0.15) is 5.82 Å². The predicted octanol–water partition coefficient (Wildman–Crippen LogP) is -0.137. The van der Waals surface area contributed by atoms with Crippen molar-refractivity contribution in [3.8, 4) is 0 Å². The van der Waals surface area contributed by atoms with Gasteiger partial charge in [0, 0.05) is 30.5 Å². The molecule has 1 saturated carbocycles. The molecular weight excluding hydrogens is 280 g/mol. The lowest BCUT2D eigenvalue weighted by Crippen LogP contribution is -2.26. The first-order valence-corrected chi connectivity index (χ1v) is 7.87. The molecule has 0 aromatic carbocycles. The molecule has 0 atom stereocenters. The predicted molar refractivity (Wildman–Crippen MR) is 71.1 cm³/mol. The van der Waals surface area contributed by atoms with E-state index < -0.39 is 10.0 Å². The minimum absolute atomic E-state index is 0.109. The van der Waals surface area contributed by atoms with Crippen LogP contribution in [-0.2, 0) is 23.1 Å². The molecular formula is C11H16N6O2S. The average Bonchev–Trinajstić information content (AvgIpc) is 2.94. The number of nitrogens with zero attached hydrogens (tertiary/aromatic N) is 2. The van der Waals surface area contributed by atoms with Gasteiger partial charge in [-0.05, 0) is 12.8 Å². The molecule has 0 bridgehead atoms. The van der Waals surface area contributed by atoms with Crippen LogP contribution < -0.4 is 10.0 Å². The average molecular weight is 296 g/mol. The molecule has 3 rings (SSSR count). The molecule has 1 aliphatic rings. The van der Waals surface area contributed by atoms with Crippen molar-refractivity contribution in [1.82, 2.24) is 30.2 Å². The summed E-state index contributed by atoms with van der Waals surface area (Å²) in [5, 5.41) is 9.75. The van der Waals surface area contributed by atoms with Crippen LogP contribution in [-0.4, -0.2) is 34.6 Å². The van der Waals surface area contributed by atoms with Gasteiger partial charge in [-0.15, -0.1) is 0 Å². The van der Waals surface area contributed by atoms with Crippen LogP contribution in [0.1, 0.15) is 24.2 Å². The van der Waals surface area contributed by atoms with E-state index in [1.54, 1.807) is 12.4 Å². The maximum atomic E-state index is 12.2. The van der Waals surface area contributed by atoms with Gasteiger partial charge in [0.25, 0.3) is 10.0 Å². The monoisotopic (exact) mass is 296 g/mol. The molecule has 4 N–H and O–H groups in total. The smallest absolute Gasteiger partial charge is 0.258 e. The summed E-state index contributed by atoms with van der Waals surface area (Å²) in [5.74, 6) is 0.561. The fourth-order valence-corrected chi connectivity index (χ4v) is 2.94. The summed E-state index contributed by atoms with van der Waals surface area (Å²) < 4.78 is 26.9. The first kappa shape index (κ1) is 13.3. The molecule has 20 heavy (non-hydrogen) atoms. The molecule has 0 saturated heterocycles. The lowest BCUT2D eigenvalue weighted by atomic mass is 10.3. The van der Waals surface area contributed by atoms with E-state index in [1.165, 1.54) is 6.20 Å². The third kappa shape index (κ3) is 3.06. The Morgan fingerprint density at radius 3 is 2.90 bits per heavy atom. The zero-order valence-corrected chi connectivity index (χ0v) is 11.6. The van der Waals surface area contributed by atoms with Crippen molar-refractivity contribution in [3.05, 3.63) is 30.0 Å². The highest BCUT2D eigenvalue weighted by atomic mass is 32.2. The Morgan fingerprint density at radius 2 is 2.20 bits per heavy atom. The molecule has 0 amide bonds. The first-order chi connectivity index (χ1) is 9.65. The van der Waals surface area contributed by atoms with E-state index in [-0.39, 0.29) is 11.6 Å². The van der Waals surface area contributed by atoms with E-state index in [4.69, 9.17) is 0 Å². The van der Waals surface area contributed by atoms with Gasteiger partial charge in [-0.25, -0.2) is 18.1 Å². The van der Waals surface area contributed by atoms with Crippen LogP contribution in [0.4, 0.5) is 0 Å². The summed E-state index contributed by atoms with van der Waals surface area (Å²) in [6, 6.07) is 0.511. The normalized spacial score (nSPS) is 15.6. The van der Waals surface area contributed by atoms with Crippen molar-refractivity contribution in [1.29, 1.82) is 0 Å². The van der Waals surface area contributed by atoms with E-state index >= 15 is 0 Å². The number of rotatable bonds is 7. The Hall–Kier alpha value is -1.71. The van der Waals surface area contributed by atoms with Gasteiger partial charge in [-0.2, -0.15) is 5.10 Å². The summed E-state index contributed by atoms with van der Waals surface area (Å²) in [7, 11) is -3.62. The van der Waals surface area contributed by atoms with Crippen LogP contribution in [0.25, 0.3) is 0 Å². The molecule has 2 heterocycles. The van der Waals surface area contributed by atoms with E-state index in [1.807, 2.05) is 0 Å². The van der Waals surface area contributed by atoms with Gasteiger partial charge < -0.3 is 10.3 Å². The van der Waals surface area contributed by atoms with Crippen molar-refractivity contribution in [3.63, 3.8) is 0 Å². The minimum atomic E-state index is -3.62. The quantitative estimate of drug-likeness (QED) is 0.568. The Kier molecular flexibility index (Phi) is 3.55. The molecule has 0 aliphatic heterocycles. The SMILES string of the molecule is O=S(=O)(NCc1ncc[nH]1)c1[nH]ncc1CNC1CC1. The second kappa shape index (κ2) is 5.35. The molecule has 2 aromatic rings. The van der Waals surface area contributed by atoms with Gasteiger partial charge in [-0.3, -0.25) is 5.10 Å². The Balaban J connectivity index is 1.68. The summed E-state index contributed by atoms with van der Waals surface area (Å²) in [4.78, 5) is 6.81. The van der Waals surface area contributed by atoms with Crippen molar-refractivity contribution < 1.29 is 8.42 Å². The molecule has 0 spiro atoms. The van der Waals surface area contributed by atoms with Gasteiger partial charge >= 0.3 is 0 Å². The van der Waals surface area contributed by atoms with E-state index in [0.717, 1.165) is 12.8 Å². The third-order valence-electron chi connectivity index (χ3n) is 3.09. The summed E-state index contributed by atoms with van der Waals surface area (Å²) in [5.41, 5.74) is 0.642. The van der Waals surface area contributed by atoms with Crippen LogP contribution in [0, 0.1) is 0 Å². The molecule has 1 fully saturated rings. The summed E-state index contributed by atoms with van der Waals surface area (Å²) in [6.07, 6.45) is 7.06. The molecule has 1 aliphatic carbocycles.